The minimum atomic E-state index is -0.944. The predicted octanol–water partition coefficient (Wildman–Crippen LogP) is 5.02. The van der Waals surface area contributed by atoms with Crippen molar-refractivity contribution >= 4 is 35.0 Å². The molecule has 1 N–H and O–H groups in total. The molecular weight excluding hydrogens is 442 g/mol. The Morgan fingerprint density at radius 1 is 0.943 bits per heavy atom. The smallest absolute Gasteiger partial charge is 0.347 e. The number of benzene rings is 3. The van der Waals surface area contributed by atoms with Gasteiger partial charge < -0.3 is 10.1 Å². The van der Waals surface area contributed by atoms with Crippen molar-refractivity contribution in [3.63, 3.8) is 0 Å². The lowest BCUT2D eigenvalue weighted by molar-refractivity contribution is -0.0152. The third-order valence-electron chi connectivity index (χ3n) is 6.18. The second-order valence-electron chi connectivity index (χ2n) is 8.70. The number of hydrogen-bond acceptors (Lipinski definition) is 4. The number of aryl methyl sites for hydroxylation is 2. The van der Waals surface area contributed by atoms with Crippen molar-refractivity contribution in [2.45, 2.75) is 19.4 Å². The molecule has 2 heterocycles. The second kappa shape index (κ2) is 8.70. The van der Waals surface area contributed by atoms with Crippen molar-refractivity contribution in [1.29, 1.82) is 5.26 Å². The maximum Gasteiger partial charge on any atom is 0.347 e. The van der Waals surface area contributed by atoms with Crippen molar-refractivity contribution in [2.75, 3.05) is 28.3 Å². The molecule has 3 aromatic rings. The SMILES string of the molecule is Cc1ccc(NC(=O)/N=C2\N(c3ccc(C)cc3)C(=O)N(c3ccc(C#N)cc3)C23COC3)cc1. The molecule has 0 radical (unpaired) electrons. The van der Waals surface area contributed by atoms with Crippen LogP contribution in [0, 0.1) is 25.2 Å². The number of amidine groups is 1. The van der Waals surface area contributed by atoms with Crippen molar-refractivity contribution in [1.82, 2.24) is 0 Å². The summed E-state index contributed by atoms with van der Waals surface area (Å²) < 4.78 is 5.57. The normalized spacial score (nSPS) is 17.4. The van der Waals surface area contributed by atoms with Gasteiger partial charge in [-0.15, -0.1) is 0 Å². The topological polar surface area (TPSA) is 98.0 Å². The third kappa shape index (κ3) is 3.92. The molecule has 8 nitrogen and oxygen atoms in total. The Labute approximate surface area is 203 Å². The number of nitrogens with one attached hydrogen (secondary N) is 1. The highest BCUT2D eigenvalue weighted by Crippen LogP contribution is 2.41. The Balaban J connectivity index is 1.59. The highest BCUT2D eigenvalue weighted by atomic mass is 16.5. The number of hydrogen-bond donors (Lipinski definition) is 1. The summed E-state index contributed by atoms with van der Waals surface area (Å²) in [5.41, 5.74) is 3.47. The molecule has 2 fully saturated rings. The molecule has 0 unspecified atom stereocenters. The van der Waals surface area contributed by atoms with E-state index in [9.17, 15) is 14.9 Å². The first-order valence-electron chi connectivity index (χ1n) is 11.2. The molecule has 2 aliphatic heterocycles. The summed E-state index contributed by atoms with van der Waals surface area (Å²) in [6.07, 6.45) is 0. The lowest BCUT2D eigenvalue weighted by Gasteiger charge is -2.43. The molecule has 35 heavy (non-hydrogen) atoms. The van der Waals surface area contributed by atoms with Crippen LogP contribution in [0.1, 0.15) is 16.7 Å². The molecule has 5 rings (SSSR count). The largest absolute Gasteiger partial charge is 0.375 e. The Morgan fingerprint density at radius 3 is 2.06 bits per heavy atom. The molecule has 8 heteroatoms. The van der Waals surface area contributed by atoms with Crippen LogP contribution in [0.5, 0.6) is 0 Å². The number of carbonyl (C=O) groups is 2. The van der Waals surface area contributed by atoms with Gasteiger partial charge >= 0.3 is 12.1 Å². The molecule has 2 saturated heterocycles. The second-order valence-corrected chi connectivity index (χ2v) is 8.70. The van der Waals surface area contributed by atoms with Crippen LogP contribution in [0.4, 0.5) is 26.7 Å². The van der Waals surface area contributed by atoms with E-state index in [1.807, 2.05) is 50.2 Å². The van der Waals surface area contributed by atoms with Crippen LogP contribution in [-0.4, -0.2) is 36.7 Å². The molecule has 0 saturated carbocycles. The van der Waals surface area contributed by atoms with E-state index in [4.69, 9.17) is 4.74 Å². The molecule has 0 aliphatic carbocycles. The summed E-state index contributed by atoms with van der Waals surface area (Å²) in [6.45, 7) is 4.31. The number of nitrogens with zero attached hydrogens (tertiary/aromatic N) is 4. The molecule has 174 valence electrons. The van der Waals surface area contributed by atoms with Crippen molar-refractivity contribution in [3.05, 3.63) is 89.5 Å². The monoisotopic (exact) mass is 465 g/mol. The van der Waals surface area contributed by atoms with E-state index in [-0.39, 0.29) is 19.2 Å². The highest BCUT2D eigenvalue weighted by molar-refractivity contribution is 6.34. The van der Waals surface area contributed by atoms with Crippen LogP contribution < -0.4 is 15.1 Å². The first kappa shape index (κ1) is 22.3. The van der Waals surface area contributed by atoms with Gasteiger partial charge in [-0.3, -0.25) is 4.90 Å². The van der Waals surface area contributed by atoms with Crippen LogP contribution in [0.15, 0.2) is 77.8 Å². The van der Waals surface area contributed by atoms with Gasteiger partial charge in [0.1, 0.15) is 0 Å². The number of rotatable bonds is 3. The number of amides is 4. The van der Waals surface area contributed by atoms with E-state index >= 15 is 0 Å². The lowest BCUT2D eigenvalue weighted by Crippen LogP contribution is -2.64. The number of anilines is 3. The van der Waals surface area contributed by atoms with Gasteiger partial charge in [0.05, 0.1) is 30.5 Å². The zero-order valence-electron chi connectivity index (χ0n) is 19.4. The zero-order valence-corrected chi connectivity index (χ0v) is 19.4. The zero-order chi connectivity index (χ0) is 24.6. The fourth-order valence-electron chi connectivity index (χ4n) is 4.24. The van der Waals surface area contributed by atoms with E-state index < -0.39 is 11.6 Å². The number of aliphatic imine (C=N–C) groups is 1. The molecular formula is C27H23N5O3. The van der Waals surface area contributed by atoms with E-state index in [0.717, 1.165) is 11.1 Å². The Morgan fingerprint density at radius 2 is 1.51 bits per heavy atom. The molecule has 1 spiro atoms. The average molecular weight is 466 g/mol. The molecule has 3 aromatic carbocycles. The van der Waals surface area contributed by atoms with Crippen LogP contribution in [0.2, 0.25) is 0 Å². The highest BCUT2D eigenvalue weighted by Gasteiger charge is 2.61. The summed E-state index contributed by atoms with van der Waals surface area (Å²) in [7, 11) is 0. The van der Waals surface area contributed by atoms with Gasteiger partial charge in [0.15, 0.2) is 11.4 Å². The summed E-state index contributed by atoms with van der Waals surface area (Å²) in [5.74, 6) is 0.298. The number of ether oxygens (including phenoxy) is 1. The van der Waals surface area contributed by atoms with E-state index in [2.05, 4.69) is 16.4 Å². The van der Waals surface area contributed by atoms with Crippen LogP contribution in [0.3, 0.4) is 0 Å². The maximum absolute atomic E-state index is 13.9. The van der Waals surface area contributed by atoms with Gasteiger partial charge in [-0.05, 0) is 62.4 Å². The quantitative estimate of drug-likeness (QED) is 0.587. The standard InChI is InChI=1S/C27H23N5O3/c1-18-3-9-21(10-4-18)29-25(33)30-24-27(16-35-17-27)32(23-13-7-20(15-28)8-14-23)26(34)31(24)22-11-5-19(2)6-12-22/h3-14H,16-17H2,1-2H3,(H,29,33)/b30-24-. The number of urea groups is 2. The van der Waals surface area contributed by atoms with Gasteiger partial charge in [-0.2, -0.15) is 10.3 Å². The lowest BCUT2D eigenvalue weighted by atomic mass is 9.93. The maximum atomic E-state index is 13.9. The Hall–Kier alpha value is -4.48. The first-order valence-corrected chi connectivity index (χ1v) is 11.2. The fourth-order valence-corrected chi connectivity index (χ4v) is 4.24. The van der Waals surface area contributed by atoms with Gasteiger partial charge in [0, 0.05) is 11.4 Å². The van der Waals surface area contributed by atoms with E-state index in [1.165, 1.54) is 4.90 Å². The average Bonchev–Trinajstić information content (AvgIpc) is 3.09. The van der Waals surface area contributed by atoms with Gasteiger partial charge in [0.2, 0.25) is 0 Å². The summed E-state index contributed by atoms with van der Waals surface area (Å²) in [6, 6.07) is 22.8. The molecule has 4 amide bonds. The van der Waals surface area contributed by atoms with Crippen molar-refractivity contribution in [2.24, 2.45) is 4.99 Å². The summed E-state index contributed by atoms with van der Waals surface area (Å²) >= 11 is 0. The molecule has 0 aromatic heterocycles. The van der Waals surface area contributed by atoms with Gasteiger partial charge in [-0.25, -0.2) is 14.5 Å². The predicted molar refractivity (Wildman–Crippen MR) is 134 cm³/mol. The van der Waals surface area contributed by atoms with Gasteiger partial charge in [0.25, 0.3) is 0 Å². The first-order chi connectivity index (χ1) is 16.9. The molecule has 0 atom stereocenters. The van der Waals surface area contributed by atoms with Crippen LogP contribution in [0.25, 0.3) is 0 Å². The minimum absolute atomic E-state index is 0.192. The van der Waals surface area contributed by atoms with Crippen molar-refractivity contribution in [3.8, 4) is 6.07 Å². The number of carbonyl (C=O) groups excluding carboxylic acids is 2. The van der Waals surface area contributed by atoms with E-state index in [0.29, 0.717) is 28.5 Å². The van der Waals surface area contributed by atoms with Crippen LogP contribution >= 0.6 is 0 Å². The molecule has 0 bridgehead atoms. The van der Waals surface area contributed by atoms with Crippen LogP contribution in [-0.2, 0) is 4.74 Å². The third-order valence-corrected chi connectivity index (χ3v) is 6.18. The summed E-state index contributed by atoms with van der Waals surface area (Å²) in [4.78, 5) is 34.4. The molecule has 2 aliphatic rings. The van der Waals surface area contributed by atoms with E-state index in [1.54, 1.807) is 41.3 Å². The Bertz CT molecular complexity index is 1350. The fraction of sp³-hybridized carbons (Fsp3) is 0.185. The Kier molecular flexibility index (Phi) is 5.55. The van der Waals surface area contributed by atoms with Gasteiger partial charge in [-0.1, -0.05) is 35.4 Å². The minimum Gasteiger partial charge on any atom is -0.375 e. The number of nitriles is 1. The van der Waals surface area contributed by atoms with Crippen molar-refractivity contribution < 1.29 is 14.3 Å². The summed E-state index contributed by atoms with van der Waals surface area (Å²) in [5, 5.41) is 12.0.